The highest BCUT2D eigenvalue weighted by Gasteiger charge is 2.20. The highest BCUT2D eigenvalue weighted by atomic mass is 16.5. The van der Waals surface area contributed by atoms with Gasteiger partial charge in [-0.2, -0.15) is 0 Å². The maximum absolute atomic E-state index is 6.37. The molecule has 0 bridgehead atoms. The molecule has 0 fully saturated rings. The normalized spacial score (nSPS) is 12.2. The number of hydrogen-bond acceptors (Lipinski definition) is 1. The number of benzene rings is 10. The summed E-state index contributed by atoms with van der Waals surface area (Å²) in [4.78, 5) is 0. The summed E-state index contributed by atoms with van der Waals surface area (Å²) >= 11 is 0. The van der Waals surface area contributed by atoms with E-state index in [4.69, 9.17) is 4.74 Å². The SMILES string of the molecule is c1cc2c3c(cccc3c1)-c1cc(-c3ccc4cc(-c5cc6c7ccccc7c7ccccc7c6c6ccccc56)ccc4c3)ccc1O2. The Balaban J connectivity index is 1.07. The standard InChI is InChI=1S/C48H28O/c1-2-13-37-35(11-1)36-12-3-5-15-39(36)48-40-16-6-4-14-38(40)42(28-44(37)48)34-22-21-30-25-31(19-20-32(30)26-34)33-23-24-45-43(27-33)41-17-7-9-29-10-8-18-46(49-45)47(29)41/h1-28H. The zero-order valence-corrected chi connectivity index (χ0v) is 26.6. The first-order chi connectivity index (χ1) is 24.3. The van der Waals surface area contributed by atoms with Gasteiger partial charge in [0.2, 0.25) is 0 Å². The summed E-state index contributed by atoms with van der Waals surface area (Å²) in [7, 11) is 0. The van der Waals surface area contributed by atoms with Crippen LogP contribution in [0, 0.1) is 0 Å². The van der Waals surface area contributed by atoms with Gasteiger partial charge in [0, 0.05) is 10.9 Å². The Bertz CT molecular complexity index is 3020. The average molecular weight is 621 g/mol. The first-order valence-electron chi connectivity index (χ1n) is 16.9. The van der Waals surface area contributed by atoms with Crippen LogP contribution in [0.5, 0.6) is 11.5 Å². The molecule has 0 radical (unpaired) electrons. The number of ether oxygens (including phenoxy) is 1. The molecule has 0 saturated carbocycles. The van der Waals surface area contributed by atoms with Gasteiger partial charge in [-0.1, -0.05) is 133 Å². The van der Waals surface area contributed by atoms with E-state index in [1.807, 2.05) is 0 Å². The molecule has 1 aliphatic heterocycles. The van der Waals surface area contributed by atoms with Gasteiger partial charge in [0.15, 0.2) is 0 Å². The van der Waals surface area contributed by atoms with Crippen LogP contribution >= 0.6 is 0 Å². The molecule has 1 nitrogen and oxygen atoms in total. The molecule has 1 aliphatic rings. The van der Waals surface area contributed by atoms with Crippen molar-refractivity contribution in [2.45, 2.75) is 0 Å². The lowest BCUT2D eigenvalue weighted by Gasteiger charge is -2.22. The van der Waals surface area contributed by atoms with Crippen molar-refractivity contribution in [1.82, 2.24) is 0 Å². The van der Waals surface area contributed by atoms with Gasteiger partial charge in [-0.3, -0.25) is 0 Å². The fraction of sp³-hybridized carbons (Fsp3) is 0. The van der Waals surface area contributed by atoms with Crippen molar-refractivity contribution in [3.8, 4) is 44.9 Å². The first kappa shape index (κ1) is 26.6. The molecule has 49 heavy (non-hydrogen) atoms. The molecule has 10 aromatic rings. The van der Waals surface area contributed by atoms with Crippen LogP contribution in [0.15, 0.2) is 170 Å². The molecule has 226 valence electrons. The van der Waals surface area contributed by atoms with Crippen LogP contribution in [-0.2, 0) is 0 Å². The number of fused-ring (bicyclic) bond motifs is 11. The van der Waals surface area contributed by atoms with Gasteiger partial charge in [-0.15, -0.1) is 0 Å². The van der Waals surface area contributed by atoms with Crippen LogP contribution in [0.1, 0.15) is 0 Å². The smallest absolute Gasteiger partial charge is 0.135 e. The molecule has 1 heterocycles. The predicted octanol–water partition coefficient (Wildman–Crippen LogP) is 13.7. The minimum Gasteiger partial charge on any atom is -0.456 e. The quantitative estimate of drug-likeness (QED) is 0.175. The fourth-order valence-corrected chi connectivity index (χ4v) is 8.34. The fourth-order valence-electron chi connectivity index (χ4n) is 8.34. The van der Waals surface area contributed by atoms with Gasteiger partial charge >= 0.3 is 0 Å². The molecular weight excluding hydrogens is 593 g/mol. The summed E-state index contributed by atoms with van der Waals surface area (Å²) in [5.74, 6) is 1.83. The third-order valence-corrected chi connectivity index (χ3v) is 10.6. The summed E-state index contributed by atoms with van der Waals surface area (Å²) < 4.78 is 6.37. The van der Waals surface area contributed by atoms with Crippen molar-refractivity contribution in [3.05, 3.63) is 170 Å². The van der Waals surface area contributed by atoms with E-state index in [1.165, 1.54) is 92.5 Å². The third kappa shape index (κ3) is 3.87. The van der Waals surface area contributed by atoms with Gasteiger partial charge < -0.3 is 4.74 Å². The maximum atomic E-state index is 6.37. The molecule has 0 aliphatic carbocycles. The van der Waals surface area contributed by atoms with Crippen molar-refractivity contribution >= 4 is 64.6 Å². The van der Waals surface area contributed by atoms with Crippen LogP contribution in [0.4, 0.5) is 0 Å². The zero-order valence-electron chi connectivity index (χ0n) is 26.6. The largest absolute Gasteiger partial charge is 0.456 e. The minimum absolute atomic E-state index is 0.906. The number of rotatable bonds is 2. The Hall–Kier alpha value is -6.44. The molecule has 0 aromatic heterocycles. The molecule has 10 aromatic carbocycles. The molecule has 0 atom stereocenters. The lowest BCUT2D eigenvalue weighted by atomic mass is 9.87. The van der Waals surface area contributed by atoms with E-state index < -0.39 is 0 Å². The Morgan fingerprint density at radius 2 is 0.837 bits per heavy atom. The van der Waals surface area contributed by atoms with E-state index in [-0.39, 0.29) is 0 Å². The second kappa shape index (κ2) is 10.0. The Labute approximate surface area is 283 Å². The van der Waals surface area contributed by atoms with Crippen molar-refractivity contribution in [2.75, 3.05) is 0 Å². The highest BCUT2D eigenvalue weighted by molar-refractivity contribution is 6.33. The van der Waals surface area contributed by atoms with E-state index in [2.05, 4.69) is 170 Å². The second-order valence-corrected chi connectivity index (χ2v) is 13.2. The Morgan fingerprint density at radius 3 is 1.61 bits per heavy atom. The third-order valence-electron chi connectivity index (χ3n) is 10.6. The van der Waals surface area contributed by atoms with Crippen LogP contribution in [0.3, 0.4) is 0 Å². The van der Waals surface area contributed by atoms with Crippen molar-refractivity contribution in [1.29, 1.82) is 0 Å². The lowest BCUT2D eigenvalue weighted by Crippen LogP contribution is -1.97. The van der Waals surface area contributed by atoms with E-state index in [1.54, 1.807) is 0 Å². The van der Waals surface area contributed by atoms with E-state index in [0.717, 1.165) is 17.1 Å². The summed E-state index contributed by atoms with van der Waals surface area (Å²) in [5, 5.41) is 15.2. The molecule has 0 unspecified atom stereocenters. The summed E-state index contributed by atoms with van der Waals surface area (Å²) in [6.45, 7) is 0. The molecule has 0 amide bonds. The van der Waals surface area contributed by atoms with Crippen molar-refractivity contribution in [3.63, 3.8) is 0 Å². The Kier molecular flexibility index (Phi) is 5.45. The Morgan fingerprint density at radius 1 is 0.265 bits per heavy atom. The predicted molar refractivity (Wildman–Crippen MR) is 208 cm³/mol. The molecular formula is C48H28O. The first-order valence-corrected chi connectivity index (χ1v) is 16.9. The van der Waals surface area contributed by atoms with E-state index in [0.29, 0.717) is 0 Å². The van der Waals surface area contributed by atoms with E-state index >= 15 is 0 Å². The maximum Gasteiger partial charge on any atom is 0.135 e. The molecule has 11 rings (SSSR count). The van der Waals surface area contributed by atoms with Gasteiger partial charge in [-0.05, 0) is 123 Å². The average Bonchev–Trinajstić information content (AvgIpc) is 3.17. The van der Waals surface area contributed by atoms with Crippen molar-refractivity contribution in [2.24, 2.45) is 0 Å². The van der Waals surface area contributed by atoms with Crippen molar-refractivity contribution < 1.29 is 4.74 Å². The number of hydrogen-bond donors (Lipinski definition) is 0. The summed E-state index contributed by atoms with van der Waals surface area (Å²) in [6, 6.07) is 62.1. The highest BCUT2D eigenvalue weighted by Crippen LogP contribution is 2.48. The molecule has 0 spiro atoms. The zero-order chi connectivity index (χ0) is 32.1. The lowest BCUT2D eigenvalue weighted by molar-refractivity contribution is 0.487. The van der Waals surface area contributed by atoms with E-state index in [9.17, 15) is 0 Å². The van der Waals surface area contributed by atoms with Gasteiger partial charge in [0.1, 0.15) is 11.5 Å². The minimum atomic E-state index is 0.906. The summed E-state index contributed by atoms with van der Waals surface area (Å²) in [5.41, 5.74) is 7.24. The molecule has 1 heteroatoms. The molecule has 0 saturated heterocycles. The second-order valence-electron chi connectivity index (χ2n) is 13.2. The topological polar surface area (TPSA) is 9.23 Å². The summed E-state index contributed by atoms with van der Waals surface area (Å²) in [6.07, 6.45) is 0. The van der Waals surface area contributed by atoms with Crippen LogP contribution < -0.4 is 4.74 Å². The van der Waals surface area contributed by atoms with Crippen LogP contribution in [0.2, 0.25) is 0 Å². The van der Waals surface area contributed by atoms with Gasteiger partial charge in [0.05, 0.1) is 0 Å². The molecule has 0 N–H and O–H groups in total. The van der Waals surface area contributed by atoms with Crippen LogP contribution in [-0.4, -0.2) is 0 Å². The van der Waals surface area contributed by atoms with Gasteiger partial charge in [-0.25, -0.2) is 0 Å². The van der Waals surface area contributed by atoms with Crippen LogP contribution in [0.25, 0.3) is 98.0 Å². The van der Waals surface area contributed by atoms with Gasteiger partial charge in [0.25, 0.3) is 0 Å². The monoisotopic (exact) mass is 620 g/mol.